The molecule has 0 aromatic heterocycles. The van der Waals surface area contributed by atoms with Crippen LogP contribution in [0.3, 0.4) is 0 Å². The second kappa shape index (κ2) is 2.48. The molecule has 0 saturated heterocycles. The molecule has 0 amide bonds. The Labute approximate surface area is 70.2 Å². The predicted octanol–water partition coefficient (Wildman–Crippen LogP) is 0.547. The Morgan fingerprint density at radius 1 is 1.33 bits per heavy atom. The molecule has 0 bridgehead atoms. The van der Waals surface area contributed by atoms with Crippen molar-refractivity contribution in [3.05, 3.63) is 41.5 Å². The molecule has 1 aliphatic carbocycles. The summed E-state index contributed by atoms with van der Waals surface area (Å²) in [6.07, 6.45) is 3.47. The lowest BCUT2D eigenvalue weighted by atomic mass is 10.0. The van der Waals surface area contributed by atoms with Crippen LogP contribution in [-0.4, -0.2) is 5.97 Å². The number of rotatable bonds is 1. The maximum Gasteiger partial charge on any atom is 0.0527 e. The molecular weight excluding hydrogens is 152 g/mol. The van der Waals surface area contributed by atoms with Crippen molar-refractivity contribution in [3.8, 4) is 0 Å². The molecule has 0 saturated carbocycles. The van der Waals surface area contributed by atoms with Crippen molar-refractivity contribution >= 4 is 12.0 Å². The summed E-state index contributed by atoms with van der Waals surface area (Å²) in [5, 5.41) is 10.6. The van der Waals surface area contributed by atoms with Crippen LogP contribution >= 0.6 is 0 Å². The fraction of sp³-hybridized carbons (Fsp3) is 0.100. The van der Waals surface area contributed by atoms with E-state index in [4.69, 9.17) is 0 Å². The van der Waals surface area contributed by atoms with Crippen LogP contribution in [-0.2, 0) is 4.79 Å². The molecule has 0 radical (unpaired) electrons. The van der Waals surface area contributed by atoms with E-state index >= 15 is 0 Å². The van der Waals surface area contributed by atoms with Crippen molar-refractivity contribution in [2.24, 2.45) is 0 Å². The highest BCUT2D eigenvalue weighted by Gasteiger charge is 2.16. The summed E-state index contributed by atoms with van der Waals surface area (Å²) in [5.74, 6) is -1.59. The lowest BCUT2D eigenvalue weighted by molar-refractivity contribution is -0.306. The molecule has 0 heterocycles. The highest BCUT2D eigenvalue weighted by atomic mass is 16.4. The number of hydrogen-bond acceptors (Lipinski definition) is 2. The van der Waals surface area contributed by atoms with Gasteiger partial charge in [0.15, 0.2) is 0 Å². The van der Waals surface area contributed by atoms with E-state index in [0.717, 1.165) is 11.1 Å². The van der Waals surface area contributed by atoms with E-state index in [1.54, 1.807) is 6.08 Å². The number of aliphatic carboxylic acids is 1. The highest BCUT2D eigenvalue weighted by Crippen LogP contribution is 2.28. The molecule has 1 atom stereocenters. The first kappa shape index (κ1) is 7.10. The minimum atomic E-state index is -1.03. The van der Waals surface area contributed by atoms with Crippen LogP contribution in [0.5, 0.6) is 0 Å². The van der Waals surface area contributed by atoms with Gasteiger partial charge in [-0.15, -0.1) is 0 Å². The molecule has 0 aliphatic heterocycles. The Kier molecular flexibility index (Phi) is 1.47. The van der Waals surface area contributed by atoms with Gasteiger partial charge in [-0.25, -0.2) is 0 Å². The third-order valence-corrected chi connectivity index (χ3v) is 2.05. The standard InChI is InChI=1S/C10H8O2/c11-10(12)9-6-5-7-3-1-2-4-8(7)9/h1-6,9H,(H,11,12)/p-1. The zero-order valence-corrected chi connectivity index (χ0v) is 6.36. The Morgan fingerprint density at radius 2 is 2.08 bits per heavy atom. The average molecular weight is 159 g/mol. The molecule has 2 nitrogen and oxygen atoms in total. The number of carbonyl (C=O) groups is 1. The maximum atomic E-state index is 10.6. The first-order chi connectivity index (χ1) is 5.79. The second-order valence-corrected chi connectivity index (χ2v) is 2.78. The van der Waals surface area contributed by atoms with E-state index in [2.05, 4.69) is 0 Å². The molecule has 0 fully saturated rings. The van der Waals surface area contributed by atoms with E-state index in [9.17, 15) is 9.90 Å². The predicted molar refractivity (Wildman–Crippen MR) is 43.2 cm³/mol. The Hall–Kier alpha value is -1.57. The lowest BCUT2D eigenvalue weighted by Crippen LogP contribution is -2.27. The summed E-state index contributed by atoms with van der Waals surface area (Å²) in [4.78, 5) is 10.6. The van der Waals surface area contributed by atoms with Gasteiger partial charge in [0.05, 0.1) is 5.97 Å². The molecular formula is C10H7O2-. The quantitative estimate of drug-likeness (QED) is 0.600. The zero-order chi connectivity index (χ0) is 8.55. The van der Waals surface area contributed by atoms with E-state index in [1.165, 1.54) is 0 Å². The smallest absolute Gasteiger partial charge is 0.0527 e. The van der Waals surface area contributed by atoms with Crippen LogP contribution in [0.15, 0.2) is 30.3 Å². The number of carboxylic acids is 1. The summed E-state index contributed by atoms with van der Waals surface area (Å²) < 4.78 is 0. The van der Waals surface area contributed by atoms with Crippen molar-refractivity contribution in [2.75, 3.05) is 0 Å². The zero-order valence-electron chi connectivity index (χ0n) is 6.36. The van der Waals surface area contributed by atoms with Gasteiger partial charge in [0, 0.05) is 5.92 Å². The topological polar surface area (TPSA) is 40.1 Å². The van der Waals surface area contributed by atoms with Crippen molar-refractivity contribution in [2.45, 2.75) is 5.92 Å². The van der Waals surface area contributed by atoms with Crippen molar-refractivity contribution in [1.29, 1.82) is 0 Å². The first-order valence-corrected chi connectivity index (χ1v) is 3.77. The average Bonchev–Trinajstić information content (AvgIpc) is 2.47. The van der Waals surface area contributed by atoms with E-state index in [0.29, 0.717) is 0 Å². The minimum absolute atomic E-state index is 0.554. The largest absolute Gasteiger partial charge is 0.549 e. The summed E-state index contributed by atoms with van der Waals surface area (Å²) >= 11 is 0. The maximum absolute atomic E-state index is 10.6. The highest BCUT2D eigenvalue weighted by molar-refractivity contribution is 5.83. The van der Waals surface area contributed by atoms with Crippen molar-refractivity contribution in [1.82, 2.24) is 0 Å². The van der Waals surface area contributed by atoms with Gasteiger partial charge in [-0.1, -0.05) is 36.4 Å². The number of carboxylic acid groups (broad SMARTS) is 1. The summed E-state index contributed by atoms with van der Waals surface area (Å²) in [6, 6.07) is 7.44. The molecule has 60 valence electrons. The van der Waals surface area contributed by atoms with Crippen LogP contribution in [0, 0.1) is 0 Å². The van der Waals surface area contributed by atoms with Gasteiger partial charge in [-0.2, -0.15) is 0 Å². The monoisotopic (exact) mass is 159 g/mol. The lowest BCUT2D eigenvalue weighted by Gasteiger charge is -2.10. The molecule has 2 heteroatoms. The van der Waals surface area contributed by atoms with Gasteiger partial charge in [-0.3, -0.25) is 0 Å². The Bertz CT molecular complexity index is 353. The first-order valence-electron chi connectivity index (χ1n) is 3.77. The van der Waals surface area contributed by atoms with Gasteiger partial charge in [0.25, 0.3) is 0 Å². The number of carbonyl (C=O) groups excluding carboxylic acids is 1. The second-order valence-electron chi connectivity index (χ2n) is 2.78. The minimum Gasteiger partial charge on any atom is -0.549 e. The summed E-state index contributed by atoms with van der Waals surface area (Å²) in [5.41, 5.74) is 1.81. The fourth-order valence-corrected chi connectivity index (χ4v) is 1.45. The third kappa shape index (κ3) is 0.925. The molecule has 0 N–H and O–H groups in total. The number of fused-ring (bicyclic) bond motifs is 1. The molecule has 12 heavy (non-hydrogen) atoms. The third-order valence-electron chi connectivity index (χ3n) is 2.05. The van der Waals surface area contributed by atoms with Gasteiger partial charge >= 0.3 is 0 Å². The summed E-state index contributed by atoms with van der Waals surface area (Å²) in [6.45, 7) is 0. The van der Waals surface area contributed by atoms with Crippen LogP contribution < -0.4 is 5.11 Å². The molecule has 1 aromatic rings. The van der Waals surface area contributed by atoms with Crippen molar-refractivity contribution in [3.63, 3.8) is 0 Å². The SMILES string of the molecule is O=C([O-])C1C=Cc2ccccc21. The van der Waals surface area contributed by atoms with Crippen LogP contribution in [0.1, 0.15) is 17.0 Å². The Morgan fingerprint density at radius 3 is 2.83 bits per heavy atom. The normalized spacial score (nSPS) is 19.2. The van der Waals surface area contributed by atoms with Crippen LogP contribution in [0.4, 0.5) is 0 Å². The Balaban J connectivity index is 2.49. The van der Waals surface area contributed by atoms with Gasteiger partial charge in [-0.05, 0) is 11.1 Å². The fourth-order valence-electron chi connectivity index (χ4n) is 1.45. The number of benzene rings is 1. The molecule has 1 aliphatic rings. The van der Waals surface area contributed by atoms with Crippen molar-refractivity contribution < 1.29 is 9.90 Å². The van der Waals surface area contributed by atoms with Gasteiger partial charge in [0.2, 0.25) is 0 Å². The molecule has 1 aromatic carbocycles. The van der Waals surface area contributed by atoms with Gasteiger partial charge < -0.3 is 9.90 Å². The van der Waals surface area contributed by atoms with Crippen LogP contribution in [0.25, 0.3) is 6.08 Å². The molecule has 1 unspecified atom stereocenters. The molecule has 2 rings (SSSR count). The van der Waals surface area contributed by atoms with E-state index in [1.807, 2.05) is 30.3 Å². The van der Waals surface area contributed by atoms with E-state index in [-0.39, 0.29) is 0 Å². The van der Waals surface area contributed by atoms with Crippen LogP contribution in [0.2, 0.25) is 0 Å². The number of hydrogen-bond donors (Lipinski definition) is 0. The summed E-state index contributed by atoms with van der Waals surface area (Å²) in [7, 11) is 0. The van der Waals surface area contributed by atoms with E-state index < -0.39 is 11.9 Å². The van der Waals surface area contributed by atoms with Gasteiger partial charge in [0.1, 0.15) is 0 Å². The molecule has 0 spiro atoms.